The second kappa shape index (κ2) is 10.6. The van der Waals surface area contributed by atoms with E-state index in [0.29, 0.717) is 22.0 Å². The molecule has 0 bridgehead atoms. The van der Waals surface area contributed by atoms with Crippen LogP contribution in [0.2, 0.25) is 10.0 Å². The van der Waals surface area contributed by atoms with E-state index in [1.807, 2.05) is 45.2 Å². The topological polar surface area (TPSA) is 64.1 Å². The normalized spacial score (nSPS) is 27.2. The van der Waals surface area contributed by atoms with Crippen LogP contribution in [-0.4, -0.2) is 67.9 Å². The summed E-state index contributed by atoms with van der Waals surface area (Å²) in [6.45, 7) is 10.4. The van der Waals surface area contributed by atoms with Crippen LogP contribution >= 0.6 is 23.2 Å². The standard InChI is InChI=1S/C28H35Cl2N3O4/c1-17-13-31-26(10-24(17)37-18(2)22-6-5-20(29)9-23(22)30)33-14-19(15-33)25-16-32(7-8-36-25)21-11-28(3,12-21)27(34)35-4/h5-6,9-10,13,18-19,21,25H,7-8,11-12,14-16H2,1-4H3/t18-,21?,25?,28?/m1/s1. The van der Waals surface area contributed by atoms with Crippen molar-refractivity contribution in [2.45, 2.75) is 51.9 Å². The highest BCUT2D eigenvalue weighted by Gasteiger charge is 2.50. The van der Waals surface area contributed by atoms with Crippen LogP contribution < -0.4 is 9.64 Å². The van der Waals surface area contributed by atoms with Gasteiger partial charge in [0.1, 0.15) is 17.7 Å². The lowest BCUT2D eigenvalue weighted by molar-refractivity contribution is -0.165. The molecule has 3 aliphatic rings. The highest BCUT2D eigenvalue weighted by atomic mass is 35.5. The van der Waals surface area contributed by atoms with Crippen LogP contribution in [-0.2, 0) is 14.3 Å². The molecule has 2 aliphatic heterocycles. The number of halogens is 2. The first kappa shape index (κ1) is 26.5. The van der Waals surface area contributed by atoms with Gasteiger partial charge < -0.3 is 19.1 Å². The van der Waals surface area contributed by atoms with Gasteiger partial charge in [0.15, 0.2) is 0 Å². The molecule has 9 heteroatoms. The number of esters is 1. The summed E-state index contributed by atoms with van der Waals surface area (Å²) < 4.78 is 17.5. The number of methoxy groups -OCH3 is 1. The number of benzene rings is 1. The number of hydrogen-bond acceptors (Lipinski definition) is 7. The van der Waals surface area contributed by atoms with E-state index < -0.39 is 0 Å². The molecule has 0 spiro atoms. The van der Waals surface area contributed by atoms with Gasteiger partial charge in [-0.2, -0.15) is 0 Å². The lowest BCUT2D eigenvalue weighted by Gasteiger charge is -2.52. The number of pyridine rings is 1. The molecule has 1 aliphatic carbocycles. The summed E-state index contributed by atoms with van der Waals surface area (Å²) in [7, 11) is 1.47. The number of carbonyl (C=O) groups excluding carboxylic acids is 1. The zero-order valence-electron chi connectivity index (χ0n) is 21.9. The SMILES string of the molecule is COC(=O)C1(C)CC(N2CCOC(C3CN(c4cc(O[C@H](C)c5ccc(Cl)cc5Cl)c(C)cn4)C3)C2)C1. The molecule has 0 amide bonds. The van der Waals surface area contributed by atoms with Crippen LogP contribution in [0, 0.1) is 18.3 Å². The number of ether oxygens (including phenoxy) is 3. The summed E-state index contributed by atoms with van der Waals surface area (Å²) >= 11 is 12.4. The van der Waals surface area contributed by atoms with Gasteiger partial charge in [0.05, 0.1) is 25.2 Å². The summed E-state index contributed by atoms with van der Waals surface area (Å²) in [6, 6.07) is 7.91. The lowest BCUT2D eigenvalue weighted by Crippen LogP contribution is -2.62. The van der Waals surface area contributed by atoms with Gasteiger partial charge in [-0.3, -0.25) is 9.69 Å². The molecule has 0 N–H and O–H groups in total. The zero-order chi connectivity index (χ0) is 26.3. The number of anilines is 1. The zero-order valence-corrected chi connectivity index (χ0v) is 23.4. The lowest BCUT2D eigenvalue weighted by atomic mass is 9.66. The van der Waals surface area contributed by atoms with Crippen molar-refractivity contribution < 1.29 is 19.0 Å². The maximum atomic E-state index is 12.0. The van der Waals surface area contributed by atoms with Crippen LogP contribution in [0.5, 0.6) is 5.75 Å². The Morgan fingerprint density at radius 1 is 1.22 bits per heavy atom. The van der Waals surface area contributed by atoms with Crippen molar-refractivity contribution in [1.82, 2.24) is 9.88 Å². The molecule has 37 heavy (non-hydrogen) atoms. The van der Waals surface area contributed by atoms with Crippen molar-refractivity contribution in [1.29, 1.82) is 0 Å². The van der Waals surface area contributed by atoms with Gasteiger partial charge in [0.25, 0.3) is 0 Å². The number of carbonyl (C=O) groups is 1. The summed E-state index contributed by atoms with van der Waals surface area (Å²) in [6.07, 6.45) is 3.56. The average molecular weight is 549 g/mol. The highest BCUT2D eigenvalue weighted by Crippen LogP contribution is 2.45. The first-order valence-corrected chi connectivity index (χ1v) is 13.7. The molecule has 0 radical (unpaired) electrons. The quantitative estimate of drug-likeness (QED) is 0.435. The smallest absolute Gasteiger partial charge is 0.311 e. The minimum atomic E-state index is -0.340. The minimum Gasteiger partial charge on any atom is -0.486 e. The van der Waals surface area contributed by atoms with Crippen LogP contribution in [0.1, 0.15) is 43.9 Å². The van der Waals surface area contributed by atoms with Gasteiger partial charge in [0, 0.05) is 71.6 Å². The molecular formula is C28H35Cl2N3O4. The van der Waals surface area contributed by atoms with Gasteiger partial charge in [-0.15, -0.1) is 0 Å². The van der Waals surface area contributed by atoms with Crippen molar-refractivity contribution in [2.24, 2.45) is 11.3 Å². The van der Waals surface area contributed by atoms with E-state index in [1.165, 1.54) is 7.11 Å². The van der Waals surface area contributed by atoms with E-state index in [4.69, 9.17) is 37.4 Å². The molecule has 7 nitrogen and oxygen atoms in total. The van der Waals surface area contributed by atoms with E-state index in [0.717, 1.165) is 68.3 Å². The number of rotatable bonds is 7. The molecule has 2 saturated heterocycles. The molecule has 1 unspecified atom stereocenters. The second-order valence-corrected chi connectivity index (χ2v) is 11.8. The number of aromatic nitrogens is 1. The first-order valence-electron chi connectivity index (χ1n) is 12.9. The Balaban J connectivity index is 1.16. The Labute approximate surface area is 229 Å². The number of aryl methyl sites for hydroxylation is 1. The summed E-state index contributed by atoms with van der Waals surface area (Å²) in [4.78, 5) is 21.5. The van der Waals surface area contributed by atoms with Crippen molar-refractivity contribution in [3.8, 4) is 5.75 Å². The third kappa shape index (κ3) is 5.42. The largest absolute Gasteiger partial charge is 0.486 e. The Hall–Kier alpha value is -2.06. The van der Waals surface area contributed by atoms with Crippen molar-refractivity contribution in [3.63, 3.8) is 0 Å². The predicted molar refractivity (Wildman–Crippen MR) is 145 cm³/mol. The summed E-state index contributed by atoms with van der Waals surface area (Å²) in [5.41, 5.74) is 1.53. The Morgan fingerprint density at radius 3 is 2.68 bits per heavy atom. The molecule has 200 valence electrons. The van der Waals surface area contributed by atoms with Crippen LogP contribution in [0.25, 0.3) is 0 Å². The van der Waals surface area contributed by atoms with Gasteiger partial charge in [-0.25, -0.2) is 4.98 Å². The van der Waals surface area contributed by atoms with Crippen LogP contribution in [0.4, 0.5) is 5.82 Å². The number of nitrogens with zero attached hydrogens (tertiary/aromatic N) is 3. The van der Waals surface area contributed by atoms with Crippen LogP contribution in [0.15, 0.2) is 30.5 Å². The monoisotopic (exact) mass is 547 g/mol. The highest BCUT2D eigenvalue weighted by molar-refractivity contribution is 6.35. The third-order valence-corrected chi connectivity index (χ3v) is 8.76. The van der Waals surface area contributed by atoms with Gasteiger partial charge in [-0.05, 0) is 45.7 Å². The summed E-state index contributed by atoms with van der Waals surface area (Å²) in [5, 5.41) is 1.20. The second-order valence-electron chi connectivity index (χ2n) is 10.9. The van der Waals surface area contributed by atoms with E-state index in [1.54, 1.807) is 6.07 Å². The summed E-state index contributed by atoms with van der Waals surface area (Å²) in [5.74, 6) is 2.06. The maximum absolute atomic E-state index is 12.0. The Kier molecular flexibility index (Phi) is 7.60. The van der Waals surface area contributed by atoms with E-state index in [9.17, 15) is 4.79 Å². The first-order chi connectivity index (χ1) is 17.7. The van der Waals surface area contributed by atoms with Gasteiger partial charge in [0.2, 0.25) is 0 Å². The minimum absolute atomic E-state index is 0.0946. The van der Waals surface area contributed by atoms with Crippen molar-refractivity contribution in [3.05, 3.63) is 51.6 Å². The van der Waals surface area contributed by atoms with E-state index in [-0.39, 0.29) is 23.6 Å². The molecule has 1 aromatic heterocycles. The van der Waals surface area contributed by atoms with Gasteiger partial charge >= 0.3 is 5.97 Å². The molecule has 1 aromatic carbocycles. The van der Waals surface area contributed by atoms with E-state index in [2.05, 4.69) is 14.8 Å². The van der Waals surface area contributed by atoms with Crippen molar-refractivity contribution >= 4 is 35.0 Å². The molecular weight excluding hydrogens is 513 g/mol. The van der Waals surface area contributed by atoms with E-state index >= 15 is 0 Å². The molecule has 2 atom stereocenters. The molecule has 3 heterocycles. The van der Waals surface area contributed by atoms with Crippen molar-refractivity contribution in [2.75, 3.05) is 44.8 Å². The third-order valence-electron chi connectivity index (χ3n) is 8.19. The number of hydrogen-bond donors (Lipinski definition) is 0. The Morgan fingerprint density at radius 2 is 1.97 bits per heavy atom. The fourth-order valence-corrected chi connectivity index (χ4v) is 6.34. The maximum Gasteiger partial charge on any atom is 0.311 e. The number of morpholine rings is 1. The Bertz CT molecular complexity index is 1150. The predicted octanol–water partition coefficient (Wildman–Crippen LogP) is 5.32. The van der Waals surface area contributed by atoms with Crippen LogP contribution in [0.3, 0.4) is 0 Å². The average Bonchev–Trinajstić information content (AvgIpc) is 2.82. The molecule has 2 aromatic rings. The molecule has 1 saturated carbocycles. The molecule has 5 rings (SSSR count). The molecule has 3 fully saturated rings. The fraction of sp³-hybridized carbons (Fsp3) is 0.571. The fourth-order valence-electron chi connectivity index (χ4n) is 5.78. The van der Waals surface area contributed by atoms with Gasteiger partial charge in [-0.1, -0.05) is 29.3 Å².